The summed E-state index contributed by atoms with van der Waals surface area (Å²) >= 11 is 0. The SMILES string of the molecule is CCCC(=O)C1C(=O)CC(c2cc(C(C)C)no2)OC1=O. The van der Waals surface area contributed by atoms with Crippen molar-refractivity contribution >= 4 is 17.5 Å². The molecule has 114 valence electrons. The second-order valence-electron chi connectivity index (χ2n) is 5.55. The van der Waals surface area contributed by atoms with Gasteiger partial charge in [0.05, 0.1) is 12.1 Å². The van der Waals surface area contributed by atoms with Crippen molar-refractivity contribution in [3.05, 3.63) is 17.5 Å². The van der Waals surface area contributed by atoms with Gasteiger partial charge in [-0.3, -0.25) is 14.4 Å². The number of carbonyl (C=O) groups is 3. The van der Waals surface area contributed by atoms with Crippen molar-refractivity contribution in [3.63, 3.8) is 0 Å². The summed E-state index contributed by atoms with van der Waals surface area (Å²) in [7, 11) is 0. The van der Waals surface area contributed by atoms with E-state index in [4.69, 9.17) is 9.26 Å². The van der Waals surface area contributed by atoms with E-state index in [1.165, 1.54) is 0 Å². The summed E-state index contributed by atoms with van der Waals surface area (Å²) < 4.78 is 10.3. The lowest BCUT2D eigenvalue weighted by molar-refractivity contribution is -0.168. The van der Waals surface area contributed by atoms with Gasteiger partial charge < -0.3 is 9.26 Å². The Morgan fingerprint density at radius 1 is 1.43 bits per heavy atom. The van der Waals surface area contributed by atoms with Crippen molar-refractivity contribution in [2.24, 2.45) is 5.92 Å². The van der Waals surface area contributed by atoms with Crippen LogP contribution >= 0.6 is 0 Å². The van der Waals surface area contributed by atoms with Crippen LogP contribution in [0, 0.1) is 5.92 Å². The normalized spacial score (nSPS) is 22.5. The fraction of sp³-hybridized carbons (Fsp3) is 0.600. The van der Waals surface area contributed by atoms with Gasteiger partial charge >= 0.3 is 5.97 Å². The molecule has 0 spiro atoms. The average Bonchev–Trinajstić information content (AvgIpc) is 2.87. The maximum absolute atomic E-state index is 12.1. The zero-order chi connectivity index (χ0) is 15.6. The second kappa shape index (κ2) is 6.20. The largest absolute Gasteiger partial charge is 0.453 e. The third-order valence-corrected chi connectivity index (χ3v) is 3.48. The summed E-state index contributed by atoms with van der Waals surface area (Å²) in [6, 6.07) is 1.68. The zero-order valence-electron chi connectivity index (χ0n) is 12.4. The Kier molecular flexibility index (Phi) is 4.55. The van der Waals surface area contributed by atoms with E-state index >= 15 is 0 Å². The lowest BCUT2D eigenvalue weighted by atomic mass is 9.89. The highest BCUT2D eigenvalue weighted by molar-refractivity contribution is 6.18. The molecule has 2 atom stereocenters. The van der Waals surface area contributed by atoms with Gasteiger partial charge in [-0.05, 0) is 12.3 Å². The summed E-state index contributed by atoms with van der Waals surface area (Å²) in [6.45, 7) is 5.74. The third-order valence-electron chi connectivity index (χ3n) is 3.48. The van der Waals surface area contributed by atoms with Crippen molar-refractivity contribution in [2.75, 3.05) is 0 Å². The van der Waals surface area contributed by atoms with Crippen molar-refractivity contribution < 1.29 is 23.6 Å². The zero-order valence-corrected chi connectivity index (χ0v) is 12.4. The van der Waals surface area contributed by atoms with Gasteiger partial charge in [-0.15, -0.1) is 0 Å². The van der Waals surface area contributed by atoms with Gasteiger partial charge in [0.25, 0.3) is 0 Å². The van der Waals surface area contributed by atoms with Gasteiger partial charge in [0.1, 0.15) is 0 Å². The van der Waals surface area contributed by atoms with Crippen LogP contribution in [-0.2, 0) is 19.1 Å². The molecule has 1 aliphatic rings. The first-order valence-electron chi connectivity index (χ1n) is 7.16. The number of esters is 1. The first kappa shape index (κ1) is 15.4. The molecule has 1 saturated heterocycles. The fourth-order valence-electron chi connectivity index (χ4n) is 2.27. The van der Waals surface area contributed by atoms with Crippen LogP contribution in [0.4, 0.5) is 0 Å². The Labute approximate surface area is 122 Å². The molecule has 0 amide bonds. The van der Waals surface area contributed by atoms with Crippen LogP contribution in [0.1, 0.15) is 63.5 Å². The topological polar surface area (TPSA) is 86.5 Å². The number of ether oxygens (including phenoxy) is 1. The highest BCUT2D eigenvalue weighted by Crippen LogP contribution is 2.31. The van der Waals surface area contributed by atoms with Gasteiger partial charge in [-0.2, -0.15) is 0 Å². The predicted octanol–water partition coefficient (Wildman–Crippen LogP) is 2.34. The van der Waals surface area contributed by atoms with E-state index in [2.05, 4.69) is 5.16 Å². The molecule has 2 unspecified atom stereocenters. The highest BCUT2D eigenvalue weighted by atomic mass is 16.6. The molecule has 1 aliphatic heterocycles. The third kappa shape index (κ3) is 3.20. The number of hydrogen-bond donors (Lipinski definition) is 0. The van der Waals surface area contributed by atoms with Crippen LogP contribution in [0.25, 0.3) is 0 Å². The van der Waals surface area contributed by atoms with Gasteiger partial charge in [0.15, 0.2) is 29.3 Å². The summed E-state index contributed by atoms with van der Waals surface area (Å²) in [4.78, 5) is 35.8. The summed E-state index contributed by atoms with van der Waals surface area (Å²) in [5.74, 6) is -2.30. The number of nitrogens with zero attached hydrogens (tertiary/aromatic N) is 1. The van der Waals surface area contributed by atoms with Crippen molar-refractivity contribution in [2.45, 2.75) is 52.1 Å². The first-order chi connectivity index (χ1) is 9.93. The number of ketones is 2. The van der Waals surface area contributed by atoms with Crippen LogP contribution in [0.5, 0.6) is 0 Å². The number of Topliss-reactive ketones (excluding diaryl/α,β-unsaturated/α-hetero) is 2. The van der Waals surface area contributed by atoms with E-state index < -0.39 is 23.8 Å². The molecular weight excluding hydrogens is 274 g/mol. The van der Waals surface area contributed by atoms with Crippen molar-refractivity contribution in [1.82, 2.24) is 5.16 Å². The Hall–Kier alpha value is -1.98. The average molecular weight is 293 g/mol. The van der Waals surface area contributed by atoms with Crippen LogP contribution < -0.4 is 0 Å². The summed E-state index contributed by atoms with van der Waals surface area (Å²) in [5, 5.41) is 3.88. The Morgan fingerprint density at radius 3 is 2.67 bits per heavy atom. The van der Waals surface area contributed by atoms with E-state index in [0.717, 1.165) is 5.69 Å². The number of carbonyl (C=O) groups excluding carboxylic acids is 3. The second-order valence-corrected chi connectivity index (χ2v) is 5.55. The Bertz CT molecular complexity index is 542. The minimum Gasteiger partial charge on any atom is -0.453 e. The molecule has 6 heteroatoms. The summed E-state index contributed by atoms with van der Waals surface area (Å²) in [6.07, 6.45) is -0.0241. The van der Waals surface area contributed by atoms with E-state index in [1.54, 1.807) is 6.07 Å². The molecule has 0 aromatic carbocycles. The molecule has 0 bridgehead atoms. The molecular formula is C15H19NO5. The molecule has 0 saturated carbocycles. The fourth-order valence-corrected chi connectivity index (χ4v) is 2.27. The smallest absolute Gasteiger partial charge is 0.324 e. The van der Waals surface area contributed by atoms with Gasteiger partial charge in [0, 0.05) is 12.5 Å². The monoisotopic (exact) mass is 293 g/mol. The standard InChI is InChI=1S/C15H19NO5/c1-4-5-10(17)14-11(18)7-12(20-15(14)19)13-6-9(8(2)3)16-21-13/h6,8,12,14H,4-5,7H2,1-3H3. The van der Waals surface area contributed by atoms with E-state index in [0.29, 0.717) is 12.2 Å². The van der Waals surface area contributed by atoms with Crippen molar-refractivity contribution in [3.8, 4) is 0 Å². The first-order valence-corrected chi connectivity index (χ1v) is 7.16. The predicted molar refractivity (Wildman–Crippen MR) is 72.5 cm³/mol. The van der Waals surface area contributed by atoms with E-state index in [9.17, 15) is 14.4 Å². The molecule has 1 aromatic heterocycles. The molecule has 21 heavy (non-hydrogen) atoms. The summed E-state index contributed by atoms with van der Waals surface area (Å²) in [5.41, 5.74) is 0.734. The Balaban J connectivity index is 2.12. The van der Waals surface area contributed by atoms with Crippen LogP contribution in [0.2, 0.25) is 0 Å². The molecule has 1 aromatic rings. The van der Waals surface area contributed by atoms with Gasteiger partial charge in [0.2, 0.25) is 0 Å². The minimum absolute atomic E-state index is 0.0431. The highest BCUT2D eigenvalue weighted by Gasteiger charge is 2.43. The number of aromatic nitrogens is 1. The molecule has 0 N–H and O–H groups in total. The molecule has 6 nitrogen and oxygen atoms in total. The number of hydrogen-bond acceptors (Lipinski definition) is 6. The maximum Gasteiger partial charge on any atom is 0.324 e. The lowest BCUT2D eigenvalue weighted by Crippen LogP contribution is -2.39. The molecule has 1 fully saturated rings. The van der Waals surface area contributed by atoms with Crippen LogP contribution in [-0.4, -0.2) is 22.7 Å². The molecule has 2 rings (SSSR count). The van der Waals surface area contributed by atoms with Gasteiger partial charge in [-0.1, -0.05) is 25.9 Å². The Morgan fingerprint density at radius 2 is 2.14 bits per heavy atom. The van der Waals surface area contributed by atoms with Crippen LogP contribution in [0.3, 0.4) is 0 Å². The maximum atomic E-state index is 12.1. The quantitative estimate of drug-likeness (QED) is 0.611. The minimum atomic E-state index is -1.27. The van der Waals surface area contributed by atoms with E-state index in [1.807, 2.05) is 20.8 Å². The molecule has 0 radical (unpaired) electrons. The van der Waals surface area contributed by atoms with Crippen molar-refractivity contribution in [1.29, 1.82) is 0 Å². The lowest BCUT2D eigenvalue weighted by Gasteiger charge is -2.24. The number of cyclic esters (lactones) is 1. The van der Waals surface area contributed by atoms with E-state index in [-0.39, 0.29) is 24.5 Å². The van der Waals surface area contributed by atoms with Gasteiger partial charge in [-0.25, -0.2) is 0 Å². The van der Waals surface area contributed by atoms with Crippen LogP contribution in [0.15, 0.2) is 10.6 Å². The molecule has 2 heterocycles. The number of rotatable bonds is 5. The molecule has 0 aliphatic carbocycles.